The zero-order chi connectivity index (χ0) is 25.2. The molecule has 0 aliphatic carbocycles. The van der Waals surface area contributed by atoms with Crippen molar-refractivity contribution in [3.05, 3.63) is 107 Å². The van der Waals surface area contributed by atoms with Crippen LogP contribution in [0, 0.1) is 18.8 Å². The average Bonchev–Trinajstić information content (AvgIpc) is 2.85. The van der Waals surface area contributed by atoms with Crippen LogP contribution in [0.25, 0.3) is 5.57 Å². The first-order valence-electron chi connectivity index (χ1n) is 12.2. The molecule has 0 amide bonds. The second kappa shape index (κ2) is 10.3. The molecule has 5 heteroatoms. The number of ketones is 1. The summed E-state index contributed by atoms with van der Waals surface area (Å²) in [7, 11) is -3.77. The van der Waals surface area contributed by atoms with Crippen LogP contribution in [0.3, 0.4) is 0 Å². The van der Waals surface area contributed by atoms with E-state index >= 15 is 0 Å². The minimum absolute atomic E-state index is 0.0295. The number of nitrogens with zero attached hydrogens (tertiary/aromatic N) is 1. The third kappa shape index (κ3) is 5.16. The minimum Gasteiger partial charge on any atom is -0.289 e. The lowest BCUT2D eigenvalue weighted by molar-refractivity contribution is 0.101. The van der Waals surface area contributed by atoms with Gasteiger partial charge in [0.15, 0.2) is 5.78 Å². The Balaban J connectivity index is 1.94. The molecule has 1 heterocycles. The Hall–Kier alpha value is -3.02. The molecule has 4 rings (SSSR count). The Kier molecular flexibility index (Phi) is 7.39. The maximum Gasteiger partial charge on any atom is 0.243 e. The molecular weight excluding hydrogens is 454 g/mol. The van der Waals surface area contributed by atoms with Crippen LogP contribution in [0.2, 0.25) is 0 Å². The second-order valence-electron chi connectivity index (χ2n) is 9.82. The molecule has 0 unspecified atom stereocenters. The molecule has 0 aromatic heterocycles. The quantitative estimate of drug-likeness (QED) is 0.363. The van der Waals surface area contributed by atoms with Gasteiger partial charge in [0, 0.05) is 17.7 Å². The van der Waals surface area contributed by atoms with Crippen molar-refractivity contribution >= 4 is 21.4 Å². The summed E-state index contributed by atoms with van der Waals surface area (Å²) in [5.41, 5.74) is 4.07. The average molecular weight is 488 g/mol. The maximum absolute atomic E-state index is 14.0. The number of aryl methyl sites for hydroxylation is 1. The number of hydrogen-bond acceptors (Lipinski definition) is 3. The van der Waals surface area contributed by atoms with Crippen LogP contribution in [0.4, 0.5) is 0 Å². The van der Waals surface area contributed by atoms with Crippen LogP contribution in [0.15, 0.2) is 95.4 Å². The molecule has 0 saturated heterocycles. The number of rotatable bonds is 7. The van der Waals surface area contributed by atoms with Gasteiger partial charge in [-0.1, -0.05) is 99.1 Å². The number of Topliss-reactive ketones (excluding diaryl/α,β-unsaturated/α-hetero) is 1. The van der Waals surface area contributed by atoms with Crippen molar-refractivity contribution in [1.29, 1.82) is 0 Å². The first kappa shape index (κ1) is 25.1. The fourth-order valence-electron chi connectivity index (χ4n) is 4.93. The summed E-state index contributed by atoms with van der Waals surface area (Å²) >= 11 is 0. The summed E-state index contributed by atoms with van der Waals surface area (Å²) in [6, 6.07) is 25.6. The van der Waals surface area contributed by atoms with E-state index in [1.54, 1.807) is 16.4 Å². The van der Waals surface area contributed by atoms with Crippen molar-refractivity contribution in [1.82, 2.24) is 4.31 Å². The zero-order valence-electron chi connectivity index (χ0n) is 20.8. The van der Waals surface area contributed by atoms with Gasteiger partial charge in [0.1, 0.15) is 0 Å². The van der Waals surface area contributed by atoms with Gasteiger partial charge < -0.3 is 0 Å². The summed E-state index contributed by atoms with van der Waals surface area (Å²) in [6.45, 7) is 8.35. The van der Waals surface area contributed by atoms with Crippen LogP contribution < -0.4 is 0 Å². The van der Waals surface area contributed by atoms with Gasteiger partial charge in [-0.3, -0.25) is 4.79 Å². The standard InChI is InChI=1S/C30H33NO3S/c1-21(2)19-27-29(24-11-7-5-8-12-24)28(30(32)25-13-9-6-10-14-25)23(4)20-31(27)35(33,34)26-17-15-22(3)16-18-26/h5-18,21,23,27H,19-20H2,1-4H3/t23-,27-/m0/s1. The van der Waals surface area contributed by atoms with Crippen molar-refractivity contribution in [3.63, 3.8) is 0 Å². The third-order valence-electron chi connectivity index (χ3n) is 6.61. The largest absolute Gasteiger partial charge is 0.289 e. The normalized spacial score (nSPS) is 19.2. The Morgan fingerprint density at radius 3 is 2.06 bits per heavy atom. The van der Waals surface area contributed by atoms with Gasteiger partial charge in [-0.05, 0) is 48.4 Å². The van der Waals surface area contributed by atoms with Crippen molar-refractivity contribution in [2.24, 2.45) is 11.8 Å². The lowest BCUT2D eigenvalue weighted by atomic mass is 9.78. The van der Waals surface area contributed by atoms with Crippen LogP contribution in [0.1, 0.15) is 48.7 Å². The van der Waals surface area contributed by atoms with E-state index in [4.69, 9.17) is 0 Å². The van der Waals surface area contributed by atoms with Gasteiger partial charge in [-0.25, -0.2) is 8.42 Å². The topological polar surface area (TPSA) is 54.5 Å². The number of benzene rings is 3. The molecule has 3 aromatic rings. The van der Waals surface area contributed by atoms with Crippen LogP contribution in [0.5, 0.6) is 0 Å². The van der Waals surface area contributed by atoms with E-state index in [9.17, 15) is 13.2 Å². The molecule has 182 valence electrons. The predicted molar refractivity (Wildman–Crippen MR) is 142 cm³/mol. The molecule has 1 aliphatic heterocycles. The van der Waals surface area contributed by atoms with Crippen LogP contribution in [-0.2, 0) is 10.0 Å². The van der Waals surface area contributed by atoms with E-state index in [-0.39, 0.29) is 29.1 Å². The maximum atomic E-state index is 14.0. The third-order valence-corrected chi connectivity index (χ3v) is 8.49. The van der Waals surface area contributed by atoms with Gasteiger partial charge in [0.05, 0.1) is 10.9 Å². The Bertz CT molecular complexity index is 1310. The molecule has 35 heavy (non-hydrogen) atoms. The Labute approximate surface area is 209 Å². The Morgan fingerprint density at radius 1 is 0.914 bits per heavy atom. The number of hydrogen-bond donors (Lipinski definition) is 0. The van der Waals surface area contributed by atoms with Crippen LogP contribution in [-0.4, -0.2) is 31.1 Å². The molecule has 3 aromatic carbocycles. The Morgan fingerprint density at radius 2 is 1.49 bits per heavy atom. The zero-order valence-corrected chi connectivity index (χ0v) is 21.6. The number of carbonyl (C=O) groups is 1. The monoisotopic (exact) mass is 487 g/mol. The fraction of sp³-hybridized carbons (Fsp3) is 0.300. The van der Waals surface area contributed by atoms with E-state index in [0.717, 1.165) is 16.7 Å². The lowest BCUT2D eigenvalue weighted by Gasteiger charge is -2.41. The van der Waals surface area contributed by atoms with Gasteiger partial charge in [0.25, 0.3) is 0 Å². The van der Waals surface area contributed by atoms with Gasteiger partial charge >= 0.3 is 0 Å². The molecule has 4 nitrogen and oxygen atoms in total. The van der Waals surface area contributed by atoms with Crippen molar-refractivity contribution < 1.29 is 13.2 Å². The van der Waals surface area contributed by atoms with E-state index in [0.29, 0.717) is 17.6 Å². The SMILES string of the molecule is Cc1ccc(S(=O)(=O)N2C[C@H](C)C(C(=O)c3ccccc3)=C(c3ccccc3)[C@@H]2CC(C)C)cc1. The van der Waals surface area contributed by atoms with Crippen LogP contribution >= 0.6 is 0 Å². The molecule has 2 atom stereocenters. The van der Waals surface area contributed by atoms with Gasteiger partial charge in [-0.2, -0.15) is 4.31 Å². The summed E-state index contributed by atoms with van der Waals surface area (Å²) in [4.78, 5) is 14.1. The molecule has 0 saturated carbocycles. The first-order valence-corrected chi connectivity index (χ1v) is 13.6. The number of carbonyl (C=O) groups excluding carboxylic acids is 1. The molecule has 0 spiro atoms. The highest BCUT2D eigenvalue weighted by atomic mass is 32.2. The molecule has 0 radical (unpaired) electrons. The fourth-order valence-corrected chi connectivity index (χ4v) is 6.62. The smallest absolute Gasteiger partial charge is 0.243 e. The summed E-state index contributed by atoms with van der Waals surface area (Å²) in [6.07, 6.45) is 0.619. The first-order chi connectivity index (χ1) is 16.7. The van der Waals surface area contributed by atoms with E-state index in [1.165, 1.54) is 0 Å². The molecule has 1 aliphatic rings. The minimum atomic E-state index is -3.77. The van der Waals surface area contributed by atoms with Crippen molar-refractivity contribution in [3.8, 4) is 0 Å². The van der Waals surface area contributed by atoms with Crippen molar-refractivity contribution in [2.45, 2.75) is 45.1 Å². The summed E-state index contributed by atoms with van der Waals surface area (Å²) < 4.78 is 29.6. The second-order valence-corrected chi connectivity index (χ2v) is 11.7. The molecule has 0 bridgehead atoms. The van der Waals surface area contributed by atoms with E-state index < -0.39 is 16.1 Å². The van der Waals surface area contributed by atoms with E-state index in [2.05, 4.69) is 13.8 Å². The highest BCUT2D eigenvalue weighted by molar-refractivity contribution is 7.89. The molecule has 0 fully saturated rings. The highest BCUT2D eigenvalue weighted by Crippen LogP contribution is 2.41. The number of sulfonamides is 1. The van der Waals surface area contributed by atoms with Gasteiger partial charge in [0.2, 0.25) is 10.0 Å². The molecular formula is C30H33NO3S. The van der Waals surface area contributed by atoms with Crippen molar-refractivity contribution in [2.75, 3.05) is 6.54 Å². The summed E-state index contributed by atoms with van der Waals surface area (Å²) in [5, 5.41) is 0. The highest BCUT2D eigenvalue weighted by Gasteiger charge is 2.42. The van der Waals surface area contributed by atoms with E-state index in [1.807, 2.05) is 86.6 Å². The lowest BCUT2D eigenvalue weighted by Crippen LogP contribution is -2.48. The summed E-state index contributed by atoms with van der Waals surface area (Å²) in [5.74, 6) is -0.0597. The van der Waals surface area contributed by atoms with Gasteiger partial charge in [-0.15, -0.1) is 0 Å². The predicted octanol–water partition coefficient (Wildman–Crippen LogP) is 6.39. The molecule has 0 N–H and O–H groups in total.